The van der Waals surface area contributed by atoms with Crippen molar-refractivity contribution in [2.24, 2.45) is 0 Å². The molecule has 0 fully saturated rings. The first kappa shape index (κ1) is 10.5. The van der Waals surface area contributed by atoms with E-state index in [4.69, 9.17) is 5.11 Å². The van der Waals surface area contributed by atoms with Gasteiger partial charge in [0.15, 0.2) is 0 Å². The van der Waals surface area contributed by atoms with E-state index in [1.165, 1.54) is 0 Å². The van der Waals surface area contributed by atoms with E-state index in [-0.39, 0.29) is 6.61 Å². The van der Waals surface area contributed by atoms with Crippen molar-refractivity contribution in [2.45, 2.75) is 18.3 Å². The van der Waals surface area contributed by atoms with Crippen molar-refractivity contribution in [2.75, 3.05) is 6.61 Å². The van der Waals surface area contributed by atoms with E-state index in [1.807, 2.05) is 19.1 Å². The first-order valence-electron chi connectivity index (χ1n) is 4.04. The fourth-order valence-corrected chi connectivity index (χ4v) is 1.25. The molecule has 0 aliphatic carbocycles. The summed E-state index contributed by atoms with van der Waals surface area (Å²) in [5.74, 6) is 0. The van der Waals surface area contributed by atoms with E-state index in [9.17, 15) is 5.11 Å². The van der Waals surface area contributed by atoms with Crippen molar-refractivity contribution < 1.29 is 10.2 Å². The third-order valence-electron chi connectivity index (χ3n) is 1.79. The van der Waals surface area contributed by atoms with Crippen LogP contribution in [0.4, 0.5) is 0 Å². The number of aliphatic hydroxyl groups is 2. The van der Waals surface area contributed by atoms with Gasteiger partial charge in [0.1, 0.15) is 0 Å². The monoisotopic (exact) mass is 199 g/mol. The molecule has 2 N–H and O–H groups in total. The van der Waals surface area contributed by atoms with Crippen molar-refractivity contribution in [1.82, 2.24) is 4.98 Å². The molecule has 13 heavy (non-hydrogen) atoms. The molecule has 1 aromatic rings. The lowest BCUT2D eigenvalue weighted by Gasteiger charge is -2.15. The fraction of sp³-hybridized carbons (Fsp3) is 0.444. The van der Waals surface area contributed by atoms with Gasteiger partial charge >= 0.3 is 0 Å². The van der Waals surface area contributed by atoms with Gasteiger partial charge in [-0.15, -0.1) is 0 Å². The van der Waals surface area contributed by atoms with Gasteiger partial charge in [-0.3, -0.25) is 4.98 Å². The number of pyridine rings is 1. The van der Waals surface area contributed by atoms with Crippen LogP contribution in [0.1, 0.15) is 16.5 Å². The first-order chi connectivity index (χ1) is 6.15. The van der Waals surface area contributed by atoms with E-state index < -0.39 is 11.4 Å². The number of rotatable bonds is 3. The molecule has 1 rings (SSSR count). The molecule has 1 aromatic heterocycles. The zero-order valence-electron chi connectivity index (χ0n) is 7.38. The van der Waals surface area contributed by atoms with Crippen LogP contribution in [-0.2, 0) is 0 Å². The van der Waals surface area contributed by atoms with Gasteiger partial charge in [-0.25, -0.2) is 0 Å². The highest BCUT2D eigenvalue weighted by Crippen LogP contribution is 2.21. The van der Waals surface area contributed by atoms with Gasteiger partial charge in [-0.2, -0.15) is 12.6 Å². The quantitative estimate of drug-likeness (QED) is 0.629. The minimum Gasteiger partial charge on any atom is -0.394 e. The molecule has 0 spiro atoms. The summed E-state index contributed by atoms with van der Waals surface area (Å²) in [5, 5.41) is 17.6. The molecule has 0 aromatic carbocycles. The zero-order chi connectivity index (χ0) is 9.84. The Morgan fingerprint density at radius 2 is 2.31 bits per heavy atom. The third kappa shape index (κ3) is 2.69. The molecule has 1 heterocycles. The summed E-state index contributed by atoms with van der Waals surface area (Å²) in [6.07, 6.45) is 0.801. The number of hydrogen-bond acceptors (Lipinski definition) is 4. The largest absolute Gasteiger partial charge is 0.394 e. The minimum absolute atomic E-state index is 0.302. The maximum atomic E-state index is 9.30. The molecule has 2 atom stereocenters. The molecular weight excluding hydrogens is 186 g/mol. The van der Waals surface area contributed by atoms with Crippen LogP contribution in [-0.4, -0.2) is 27.9 Å². The summed E-state index contributed by atoms with van der Waals surface area (Å²) < 4.78 is 0. The Bertz CT molecular complexity index is 280. The van der Waals surface area contributed by atoms with E-state index in [1.54, 1.807) is 6.20 Å². The molecule has 0 radical (unpaired) electrons. The number of nitrogens with zero attached hydrogens (tertiary/aromatic N) is 1. The summed E-state index contributed by atoms with van der Waals surface area (Å²) in [5.41, 5.74) is 1.75. The fourth-order valence-electron chi connectivity index (χ4n) is 1.02. The minimum atomic E-state index is -0.863. The molecule has 0 bridgehead atoms. The van der Waals surface area contributed by atoms with Crippen molar-refractivity contribution in [3.63, 3.8) is 0 Å². The maximum Gasteiger partial charge on any atom is 0.0942 e. The lowest BCUT2D eigenvalue weighted by Crippen LogP contribution is -2.19. The first-order valence-corrected chi connectivity index (χ1v) is 4.56. The van der Waals surface area contributed by atoms with Gasteiger partial charge in [0, 0.05) is 6.20 Å². The Morgan fingerprint density at radius 3 is 2.85 bits per heavy atom. The van der Waals surface area contributed by atoms with Gasteiger partial charge in [-0.1, -0.05) is 0 Å². The predicted molar refractivity (Wildman–Crippen MR) is 53.8 cm³/mol. The Balaban J connectivity index is 2.82. The van der Waals surface area contributed by atoms with Gasteiger partial charge in [-0.05, 0) is 24.6 Å². The highest BCUT2D eigenvalue weighted by Gasteiger charge is 2.17. The van der Waals surface area contributed by atoms with Crippen LogP contribution in [0, 0.1) is 6.92 Å². The second-order valence-electron chi connectivity index (χ2n) is 2.95. The summed E-state index contributed by atoms with van der Waals surface area (Å²) in [6, 6.07) is 3.71. The van der Waals surface area contributed by atoms with E-state index >= 15 is 0 Å². The van der Waals surface area contributed by atoms with Gasteiger partial charge in [0.25, 0.3) is 0 Å². The second kappa shape index (κ2) is 4.60. The average Bonchev–Trinajstić information content (AvgIpc) is 2.15. The molecule has 72 valence electrons. The molecular formula is C9H13NO2S. The molecule has 0 saturated heterocycles. The lowest BCUT2D eigenvalue weighted by molar-refractivity contribution is 0.0927. The van der Waals surface area contributed by atoms with Crippen molar-refractivity contribution in [3.05, 3.63) is 29.6 Å². The number of aryl methyl sites for hydroxylation is 1. The summed E-state index contributed by atoms with van der Waals surface area (Å²) >= 11 is 4.17. The number of aliphatic hydroxyl groups excluding tert-OH is 2. The van der Waals surface area contributed by atoms with Gasteiger partial charge < -0.3 is 10.2 Å². The van der Waals surface area contributed by atoms with E-state index in [0.29, 0.717) is 5.69 Å². The summed E-state index contributed by atoms with van der Waals surface area (Å²) in [4.78, 5) is 4.06. The summed E-state index contributed by atoms with van der Waals surface area (Å²) in [7, 11) is 0. The highest BCUT2D eigenvalue weighted by molar-refractivity contribution is 7.80. The van der Waals surface area contributed by atoms with Gasteiger partial charge in [0.05, 0.1) is 23.7 Å². The Labute approximate surface area is 82.9 Å². The van der Waals surface area contributed by atoms with Crippen molar-refractivity contribution in [3.8, 4) is 0 Å². The van der Waals surface area contributed by atoms with Crippen LogP contribution in [0.2, 0.25) is 0 Å². The van der Waals surface area contributed by atoms with Gasteiger partial charge in [0.2, 0.25) is 0 Å². The van der Waals surface area contributed by atoms with Crippen LogP contribution in [0.15, 0.2) is 18.3 Å². The standard InChI is InChI=1S/C9H13NO2S/c1-6-2-3-10-7(4-6)9(13)8(12)5-11/h2-4,8-9,11-13H,5H2,1H3. The van der Waals surface area contributed by atoms with E-state index in [0.717, 1.165) is 5.56 Å². The smallest absolute Gasteiger partial charge is 0.0942 e. The average molecular weight is 199 g/mol. The van der Waals surface area contributed by atoms with E-state index in [2.05, 4.69) is 17.6 Å². The Morgan fingerprint density at radius 1 is 1.62 bits per heavy atom. The molecule has 4 heteroatoms. The van der Waals surface area contributed by atoms with Crippen LogP contribution in [0.3, 0.4) is 0 Å². The number of aromatic nitrogens is 1. The normalized spacial score (nSPS) is 15.4. The predicted octanol–water partition coefficient (Wildman–Crippen LogP) is 0.714. The van der Waals surface area contributed by atoms with Crippen LogP contribution in [0.25, 0.3) is 0 Å². The highest BCUT2D eigenvalue weighted by atomic mass is 32.1. The SMILES string of the molecule is Cc1ccnc(C(S)C(O)CO)c1. The van der Waals surface area contributed by atoms with Crippen LogP contribution < -0.4 is 0 Å². The summed E-state index contributed by atoms with van der Waals surface area (Å²) in [6.45, 7) is 1.64. The van der Waals surface area contributed by atoms with Crippen molar-refractivity contribution in [1.29, 1.82) is 0 Å². The topological polar surface area (TPSA) is 53.4 Å². The molecule has 2 unspecified atom stereocenters. The Kier molecular flexibility index (Phi) is 3.71. The molecule has 0 amide bonds. The van der Waals surface area contributed by atoms with Crippen LogP contribution >= 0.6 is 12.6 Å². The zero-order valence-corrected chi connectivity index (χ0v) is 8.28. The number of thiol groups is 1. The molecule has 0 aliphatic heterocycles. The third-order valence-corrected chi connectivity index (χ3v) is 2.40. The lowest BCUT2D eigenvalue weighted by atomic mass is 10.1. The molecule has 0 saturated carbocycles. The molecule has 0 aliphatic rings. The Hall–Kier alpha value is -0.580. The van der Waals surface area contributed by atoms with Crippen molar-refractivity contribution >= 4 is 12.6 Å². The molecule has 3 nitrogen and oxygen atoms in total. The van der Waals surface area contributed by atoms with Crippen LogP contribution in [0.5, 0.6) is 0 Å². The number of hydrogen-bond donors (Lipinski definition) is 3. The maximum absolute atomic E-state index is 9.30. The second-order valence-corrected chi connectivity index (χ2v) is 3.51.